The number of fused-ring (bicyclic) bond motifs is 3. The average molecular weight is 247 g/mol. The first-order chi connectivity index (χ1) is 9.42. The first kappa shape index (κ1) is 10.4. The Bertz CT molecular complexity index is 728. The minimum Gasteiger partial charge on any atom is -0.488 e. The van der Waals surface area contributed by atoms with Gasteiger partial charge in [0.25, 0.3) is 0 Å². The van der Waals surface area contributed by atoms with Crippen LogP contribution in [0.2, 0.25) is 0 Å². The molecule has 92 valence electrons. The fraction of sp³-hybridized carbons (Fsp3) is 0.0588. The van der Waals surface area contributed by atoms with Crippen LogP contribution in [0, 0.1) is 0 Å². The molecule has 0 atom stereocenters. The van der Waals surface area contributed by atoms with Gasteiger partial charge in [0, 0.05) is 16.8 Å². The lowest BCUT2D eigenvalue weighted by atomic mass is 10.0. The van der Waals surface area contributed by atoms with Crippen LogP contribution in [-0.4, -0.2) is 4.98 Å². The van der Waals surface area contributed by atoms with Crippen molar-refractivity contribution in [2.75, 3.05) is 0 Å². The highest BCUT2D eigenvalue weighted by Crippen LogP contribution is 2.38. The highest BCUT2D eigenvalue weighted by Gasteiger charge is 2.19. The molecule has 1 aliphatic rings. The van der Waals surface area contributed by atoms with Gasteiger partial charge in [-0.1, -0.05) is 42.5 Å². The van der Waals surface area contributed by atoms with Gasteiger partial charge in [0.2, 0.25) is 0 Å². The Morgan fingerprint density at radius 1 is 0.895 bits per heavy atom. The van der Waals surface area contributed by atoms with Crippen molar-refractivity contribution in [2.24, 2.45) is 0 Å². The smallest absolute Gasteiger partial charge is 0.129 e. The maximum absolute atomic E-state index is 5.78. The van der Waals surface area contributed by atoms with Crippen molar-refractivity contribution >= 4 is 0 Å². The third kappa shape index (κ3) is 1.65. The van der Waals surface area contributed by atoms with E-state index in [9.17, 15) is 0 Å². The van der Waals surface area contributed by atoms with E-state index in [1.807, 2.05) is 24.3 Å². The summed E-state index contributed by atoms with van der Waals surface area (Å²) in [6, 6.07) is 20.7. The largest absolute Gasteiger partial charge is 0.488 e. The maximum atomic E-state index is 5.78. The zero-order valence-electron chi connectivity index (χ0n) is 10.4. The zero-order chi connectivity index (χ0) is 12.7. The van der Waals surface area contributed by atoms with Gasteiger partial charge in [-0.25, -0.2) is 0 Å². The lowest BCUT2D eigenvalue weighted by Crippen LogP contribution is -2.03. The molecule has 3 aromatic rings. The van der Waals surface area contributed by atoms with Crippen LogP contribution in [0.1, 0.15) is 5.56 Å². The summed E-state index contributed by atoms with van der Waals surface area (Å²) in [5, 5.41) is 0. The third-order valence-corrected chi connectivity index (χ3v) is 3.52. The first-order valence-corrected chi connectivity index (χ1v) is 6.41. The summed E-state index contributed by atoms with van der Waals surface area (Å²) in [5.41, 5.74) is 5.89. The number of para-hydroxylation sites is 1. The van der Waals surface area contributed by atoms with Crippen LogP contribution in [-0.2, 0) is 6.61 Å². The van der Waals surface area contributed by atoms with Crippen LogP contribution >= 0.6 is 0 Å². The van der Waals surface area contributed by atoms with E-state index in [4.69, 9.17) is 4.74 Å². The van der Waals surface area contributed by atoms with E-state index >= 15 is 0 Å². The molecule has 2 heterocycles. The predicted octanol–water partition coefficient (Wildman–Crippen LogP) is 4.24. The summed E-state index contributed by atoms with van der Waals surface area (Å²) in [6.45, 7) is 0.635. The van der Waals surface area contributed by atoms with Gasteiger partial charge in [-0.3, -0.25) is 0 Å². The highest BCUT2D eigenvalue weighted by molar-refractivity contribution is 5.76. The second-order valence-corrected chi connectivity index (χ2v) is 4.73. The van der Waals surface area contributed by atoms with E-state index in [-0.39, 0.29) is 0 Å². The Morgan fingerprint density at radius 2 is 1.68 bits per heavy atom. The number of benzene rings is 2. The van der Waals surface area contributed by atoms with Crippen molar-refractivity contribution in [2.45, 2.75) is 6.61 Å². The topological polar surface area (TPSA) is 25.0 Å². The van der Waals surface area contributed by atoms with Crippen molar-refractivity contribution in [1.29, 1.82) is 0 Å². The van der Waals surface area contributed by atoms with Crippen LogP contribution in [0.15, 0.2) is 60.7 Å². The molecule has 2 nitrogen and oxygen atoms in total. The van der Waals surface area contributed by atoms with Gasteiger partial charge in [0.15, 0.2) is 0 Å². The second-order valence-electron chi connectivity index (χ2n) is 4.73. The standard InChI is InChI=1S/C17H13NO/c1-2-6-12(7-3-1)15-10-13-11-19-16-9-5-4-8-14(16)17(13)18-15/h1-10,18H,11H2. The molecule has 0 saturated carbocycles. The minimum atomic E-state index is 0.635. The number of hydrogen-bond acceptors (Lipinski definition) is 1. The number of H-pyrrole nitrogens is 1. The molecule has 0 bridgehead atoms. The number of nitrogens with one attached hydrogen (secondary N) is 1. The van der Waals surface area contributed by atoms with Gasteiger partial charge in [-0.15, -0.1) is 0 Å². The number of ether oxygens (including phenoxy) is 1. The second kappa shape index (κ2) is 4.02. The molecule has 1 aromatic heterocycles. The molecule has 0 unspecified atom stereocenters. The molecular weight excluding hydrogens is 234 g/mol. The summed E-state index contributed by atoms with van der Waals surface area (Å²) in [5.74, 6) is 0.955. The van der Waals surface area contributed by atoms with Crippen molar-refractivity contribution < 1.29 is 4.74 Å². The van der Waals surface area contributed by atoms with E-state index in [1.165, 1.54) is 16.8 Å². The first-order valence-electron chi connectivity index (χ1n) is 6.41. The van der Waals surface area contributed by atoms with Gasteiger partial charge in [-0.05, 0) is 23.8 Å². The third-order valence-electron chi connectivity index (χ3n) is 3.52. The molecule has 0 spiro atoms. The molecular formula is C17H13NO. The van der Waals surface area contributed by atoms with E-state index in [0.29, 0.717) is 6.61 Å². The lowest BCUT2D eigenvalue weighted by Gasteiger charge is -2.16. The summed E-state index contributed by atoms with van der Waals surface area (Å²) in [7, 11) is 0. The van der Waals surface area contributed by atoms with E-state index < -0.39 is 0 Å². The monoisotopic (exact) mass is 247 g/mol. The molecule has 0 amide bonds. The van der Waals surface area contributed by atoms with Crippen molar-refractivity contribution in [1.82, 2.24) is 4.98 Å². The highest BCUT2D eigenvalue weighted by atomic mass is 16.5. The fourth-order valence-electron chi connectivity index (χ4n) is 2.58. The summed E-state index contributed by atoms with van der Waals surface area (Å²) < 4.78 is 5.78. The Morgan fingerprint density at radius 3 is 2.58 bits per heavy atom. The molecule has 0 radical (unpaired) electrons. The van der Waals surface area contributed by atoms with Crippen LogP contribution in [0.25, 0.3) is 22.5 Å². The molecule has 4 rings (SSSR count). The molecule has 0 aliphatic carbocycles. The van der Waals surface area contributed by atoms with Gasteiger partial charge < -0.3 is 9.72 Å². The van der Waals surface area contributed by atoms with Crippen molar-refractivity contribution in [3.05, 3.63) is 66.2 Å². The number of aromatic amines is 1. The average Bonchev–Trinajstić information content (AvgIpc) is 2.93. The summed E-state index contributed by atoms with van der Waals surface area (Å²) in [6.07, 6.45) is 0. The molecule has 19 heavy (non-hydrogen) atoms. The molecule has 2 heteroatoms. The van der Waals surface area contributed by atoms with Crippen molar-refractivity contribution in [3.63, 3.8) is 0 Å². The van der Waals surface area contributed by atoms with Crippen LogP contribution < -0.4 is 4.74 Å². The molecule has 1 N–H and O–H groups in total. The maximum Gasteiger partial charge on any atom is 0.129 e. The Hall–Kier alpha value is -2.48. The summed E-state index contributed by atoms with van der Waals surface area (Å²) >= 11 is 0. The number of hydrogen-bond donors (Lipinski definition) is 1. The Labute approximate surface area is 111 Å². The van der Waals surface area contributed by atoms with Gasteiger partial charge in [0.05, 0.1) is 5.69 Å². The number of aromatic nitrogens is 1. The molecule has 2 aromatic carbocycles. The quantitative estimate of drug-likeness (QED) is 0.683. The minimum absolute atomic E-state index is 0.635. The zero-order valence-corrected chi connectivity index (χ0v) is 10.4. The van der Waals surface area contributed by atoms with Gasteiger partial charge in [0.1, 0.15) is 12.4 Å². The lowest BCUT2D eigenvalue weighted by molar-refractivity contribution is 0.302. The van der Waals surface area contributed by atoms with Crippen LogP contribution in [0.5, 0.6) is 5.75 Å². The van der Waals surface area contributed by atoms with Gasteiger partial charge in [-0.2, -0.15) is 0 Å². The van der Waals surface area contributed by atoms with E-state index in [0.717, 1.165) is 17.0 Å². The molecule has 1 aliphatic heterocycles. The number of rotatable bonds is 1. The van der Waals surface area contributed by atoms with Crippen LogP contribution in [0.3, 0.4) is 0 Å². The molecule has 0 saturated heterocycles. The summed E-state index contributed by atoms with van der Waals surface area (Å²) in [4.78, 5) is 3.53. The fourth-order valence-corrected chi connectivity index (χ4v) is 2.58. The molecule has 0 fully saturated rings. The van der Waals surface area contributed by atoms with E-state index in [2.05, 4.69) is 41.4 Å². The Balaban J connectivity index is 1.88. The van der Waals surface area contributed by atoms with Gasteiger partial charge >= 0.3 is 0 Å². The van der Waals surface area contributed by atoms with E-state index in [1.54, 1.807) is 0 Å². The SMILES string of the molecule is c1ccc(-c2cc3c([nH]2)-c2ccccc2OC3)cc1. The van der Waals surface area contributed by atoms with Crippen LogP contribution in [0.4, 0.5) is 0 Å². The predicted molar refractivity (Wildman–Crippen MR) is 76.0 cm³/mol. The van der Waals surface area contributed by atoms with Crippen molar-refractivity contribution in [3.8, 4) is 28.3 Å². The Kier molecular flexibility index (Phi) is 2.21. The normalized spacial score (nSPS) is 12.4.